The summed E-state index contributed by atoms with van der Waals surface area (Å²) in [5.74, 6) is -0.722. The van der Waals surface area contributed by atoms with Gasteiger partial charge in [-0.25, -0.2) is 0 Å². The van der Waals surface area contributed by atoms with Gasteiger partial charge in [0.2, 0.25) is 0 Å². The Kier molecular flexibility index (Phi) is 4.52. The molecule has 132 valence electrons. The third-order valence-corrected chi connectivity index (χ3v) is 4.51. The molecule has 0 spiro atoms. The average Bonchev–Trinajstić information content (AvgIpc) is 2.65. The molecule has 1 aromatic rings. The molecule has 8 heteroatoms. The van der Waals surface area contributed by atoms with Crippen LogP contribution in [0.4, 0.5) is 13.2 Å². The number of alkyl halides is 3. The Morgan fingerprint density at radius 1 is 1.08 bits per heavy atom. The Bertz CT molecular complexity index is 640. The number of nitrogens with zero attached hydrogens (tertiary/aromatic N) is 1. The highest BCUT2D eigenvalue weighted by molar-refractivity contribution is 6.62. The number of rotatable bonds is 2. The second-order valence-electron chi connectivity index (χ2n) is 7.09. The molecule has 4 nitrogen and oxygen atoms in total. The van der Waals surface area contributed by atoms with Crippen LogP contribution in [0.15, 0.2) is 18.2 Å². The summed E-state index contributed by atoms with van der Waals surface area (Å²) in [6.07, 6.45) is -4.62. The number of halogens is 3. The first kappa shape index (κ1) is 18.8. The van der Waals surface area contributed by atoms with Gasteiger partial charge in [0.1, 0.15) is 0 Å². The normalized spacial score (nSPS) is 19.5. The first-order chi connectivity index (χ1) is 10.8. The van der Waals surface area contributed by atoms with Crippen LogP contribution in [0, 0.1) is 0 Å². The Hall–Kier alpha value is -1.54. The molecule has 1 heterocycles. The van der Waals surface area contributed by atoms with Crippen molar-refractivity contribution in [1.82, 2.24) is 4.90 Å². The maximum absolute atomic E-state index is 13.2. The first-order valence-corrected chi connectivity index (χ1v) is 7.55. The maximum atomic E-state index is 13.2. The molecular weight excluding hydrogens is 322 g/mol. The monoisotopic (exact) mass is 343 g/mol. The van der Waals surface area contributed by atoms with E-state index in [1.54, 1.807) is 0 Å². The van der Waals surface area contributed by atoms with E-state index in [0.717, 1.165) is 11.0 Å². The topological polar surface area (TPSA) is 38.8 Å². The summed E-state index contributed by atoms with van der Waals surface area (Å²) in [6.45, 7) is 7.40. The molecule has 0 N–H and O–H groups in total. The minimum absolute atomic E-state index is 0.381. The second-order valence-corrected chi connectivity index (χ2v) is 7.09. The lowest BCUT2D eigenvalue weighted by molar-refractivity contribution is -0.138. The largest absolute Gasteiger partial charge is 0.494 e. The molecule has 1 amide bonds. The van der Waals surface area contributed by atoms with E-state index in [-0.39, 0.29) is 0 Å². The van der Waals surface area contributed by atoms with Gasteiger partial charge in [0.15, 0.2) is 0 Å². The van der Waals surface area contributed by atoms with Crippen molar-refractivity contribution in [3.8, 4) is 0 Å². The van der Waals surface area contributed by atoms with E-state index < -0.39 is 41.5 Å². The molecular formula is C16H21BF3NO3. The lowest BCUT2D eigenvalue weighted by atomic mass is 9.77. The Morgan fingerprint density at radius 3 is 2.00 bits per heavy atom. The smallest absolute Gasteiger partial charge is 0.399 e. The van der Waals surface area contributed by atoms with Gasteiger partial charge in [-0.1, -0.05) is 6.07 Å². The van der Waals surface area contributed by atoms with Crippen molar-refractivity contribution in [1.29, 1.82) is 0 Å². The molecule has 1 aromatic carbocycles. The molecule has 0 radical (unpaired) electrons. The number of carbonyl (C=O) groups is 1. The third kappa shape index (κ3) is 3.30. The number of amides is 1. The van der Waals surface area contributed by atoms with Gasteiger partial charge in [-0.2, -0.15) is 13.2 Å². The van der Waals surface area contributed by atoms with Gasteiger partial charge in [0, 0.05) is 14.1 Å². The molecule has 1 saturated heterocycles. The van der Waals surface area contributed by atoms with Crippen molar-refractivity contribution in [2.45, 2.75) is 45.1 Å². The highest BCUT2D eigenvalue weighted by Crippen LogP contribution is 2.37. The fourth-order valence-corrected chi connectivity index (χ4v) is 2.35. The molecule has 1 aliphatic heterocycles. The van der Waals surface area contributed by atoms with E-state index in [1.165, 1.54) is 26.2 Å². The predicted molar refractivity (Wildman–Crippen MR) is 85.2 cm³/mol. The van der Waals surface area contributed by atoms with Crippen LogP contribution in [0.1, 0.15) is 43.6 Å². The van der Waals surface area contributed by atoms with Crippen LogP contribution in [0.5, 0.6) is 0 Å². The van der Waals surface area contributed by atoms with Crippen LogP contribution in [0.3, 0.4) is 0 Å². The van der Waals surface area contributed by atoms with Crippen molar-refractivity contribution >= 4 is 18.5 Å². The van der Waals surface area contributed by atoms with Gasteiger partial charge in [0.25, 0.3) is 5.91 Å². The van der Waals surface area contributed by atoms with E-state index in [9.17, 15) is 18.0 Å². The minimum Gasteiger partial charge on any atom is -0.399 e. The predicted octanol–water partition coefficient (Wildman–Crippen LogP) is 2.71. The van der Waals surface area contributed by atoms with Crippen LogP contribution < -0.4 is 5.46 Å². The molecule has 1 fully saturated rings. The van der Waals surface area contributed by atoms with Crippen molar-refractivity contribution in [3.63, 3.8) is 0 Å². The van der Waals surface area contributed by atoms with Gasteiger partial charge in [-0.05, 0) is 45.3 Å². The zero-order valence-electron chi connectivity index (χ0n) is 14.6. The SMILES string of the molecule is CN(C)C(=O)c1cc(B2OC(C)(C)C(C)(C)O2)ccc1C(F)(F)F. The lowest BCUT2D eigenvalue weighted by Crippen LogP contribution is -2.41. The molecule has 0 saturated carbocycles. The summed E-state index contributed by atoms with van der Waals surface area (Å²) in [4.78, 5) is 13.3. The Balaban J connectivity index is 2.48. The van der Waals surface area contributed by atoms with E-state index in [1.807, 2.05) is 27.7 Å². The molecule has 24 heavy (non-hydrogen) atoms. The fraction of sp³-hybridized carbons (Fsp3) is 0.562. The van der Waals surface area contributed by atoms with Gasteiger partial charge in [-0.15, -0.1) is 0 Å². The van der Waals surface area contributed by atoms with Crippen molar-refractivity contribution < 1.29 is 27.3 Å². The summed E-state index contributed by atoms with van der Waals surface area (Å²) in [5, 5.41) is 0. The zero-order valence-corrected chi connectivity index (χ0v) is 14.6. The van der Waals surface area contributed by atoms with Crippen LogP contribution in [-0.4, -0.2) is 43.2 Å². The molecule has 0 atom stereocenters. The molecule has 0 bridgehead atoms. The van der Waals surface area contributed by atoms with Crippen LogP contribution >= 0.6 is 0 Å². The van der Waals surface area contributed by atoms with Gasteiger partial charge >= 0.3 is 13.3 Å². The van der Waals surface area contributed by atoms with E-state index >= 15 is 0 Å². The average molecular weight is 343 g/mol. The van der Waals surface area contributed by atoms with E-state index in [0.29, 0.717) is 5.46 Å². The van der Waals surface area contributed by atoms with E-state index in [2.05, 4.69) is 0 Å². The maximum Gasteiger partial charge on any atom is 0.494 e. The van der Waals surface area contributed by atoms with Crippen molar-refractivity contribution in [2.24, 2.45) is 0 Å². The summed E-state index contributed by atoms with van der Waals surface area (Å²) in [5.41, 5.74) is -2.24. The van der Waals surface area contributed by atoms with Gasteiger partial charge < -0.3 is 14.2 Å². The molecule has 0 aromatic heterocycles. The third-order valence-electron chi connectivity index (χ3n) is 4.51. The summed E-state index contributed by atoms with van der Waals surface area (Å²) in [6, 6.07) is 3.39. The lowest BCUT2D eigenvalue weighted by Gasteiger charge is -2.32. The zero-order chi connectivity index (χ0) is 18.5. The van der Waals surface area contributed by atoms with Crippen molar-refractivity contribution in [2.75, 3.05) is 14.1 Å². The molecule has 0 unspecified atom stereocenters. The summed E-state index contributed by atoms with van der Waals surface area (Å²) in [7, 11) is 1.99. The molecule has 2 rings (SSSR count). The number of carbonyl (C=O) groups excluding carboxylic acids is 1. The van der Waals surface area contributed by atoms with Crippen LogP contribution in [0.2, 0.25) is 0 Å². The van der Waals surface area contributed by atoms with Crippen LogP contribution in [0.25, 0.3) is 0 Å². The van der Waals surface area contributed by atoms with Gasteiger partial charge in [0.05, 0.1) is 22.3 Å². The van der Waals surface area contributed by atoms with Crippen molar-refractivity contribution in [3.05, 3.63) is 29.3 Å². The standard InChI is InChI=1S/C16H21BF3NO3/c1-14(2)15(3,4)24-17(23-14)10-7-8-12(16(18,19)20)11(9-10)13(22)21(5)6/h7-9H,1-6H3. The molecule has 0 aliphatic carbocycles. The number of hydrogen-bond acceptors (Lipinski definition) is 3. The van der Waals surface area contributed by atoms with Gasteiger partial charge in [-0.3, -0.25) is 4.79 Å². The summed E-state index contributed by atoms with van der Waals surface area (Å²) < 4.78 is 51.3. The minimum atomic E-state index is -4.62. The number of benzene rings is 1. The highest BCUT2D eigenvalue weighted by Gasteiger charge is 2.52. The number of hydrogen-bond donors (Lipinski definition) is 0. The second kappa shape index (κ2) is 5.77. The van der Waals surface area contributed by atoms with E-state index in [4.69, 9.17) is 9.31 Å². The summed E-state index contributed by atoms with van der Waals surface area (Å²) >= 11 is 0. The molecule has 1 aliphatic rings. The Morgan fingerprint density at radius 2 is 1.58 bits per heavy atom. The fourth-order valence-electron chi connectivity index (χ4n) is 2.35. The van der Waals surface area contributed by atoms with Crippen LogP contribution in [-0.2, 0) is 15.5 Å². The Labute approximate surface area is 140 Å². The first-order valence-electron chi connectivity index (χ1n) is 7.55. The quantitative estimate of drug-likeness (QED) is 0.775. The highest BCUT2D eigenvalue weighted by atomic mass is 19.4.